The van der Waals surface area contributed by atoms with Gasteiger partial charge in [0.1, 0.15) is 5.75 Å². The van der Waals surface area contributed by atoms with Gasteiger partial charge in [0.2, 0.25) is 11.9 Å². The van der Waals surface area contributed by atoms with Crippen LogP contribution in [0.1, 0.15) is 12.8 Å². The van der Waals surface area contributed by atoms with Crippen molar-refractivity contribution in [3.63, 3.8) is 0 Å². The maximum Gasteiger partial charge on any atom is 0.247 e. The minimum atomic E-state index is -0.294. The average molecular weight is 511 g/mol. The topological polar surface area (TPSA) is 100 Å². The van der Waals surface area contributed by atoms with Crippen LogP contribution < -0.4 is 20.3 Å². The van der Waals surface area contributed by atoms with Crippen LogP contribution in [-0.4, -0.2) is 70.9 Å². The molecule has 1 amide bonds. The number of amides is 1. The lowest BCUT2D eigenvalue weighted by Gasteiger charge is -2.37. The number of piperidine rings is 1. The highest BCUT2D eigenvalue weighted by Gasteiger charge is 2.24. The predicted octanol–water partition coefficient (Wildman–Crippen LogP) is 3.94. The molecule has 11 heteroatoms. The molecule has 1 saturated heterocycles. The van der Waals surface area contributed by atoms with E-state index in [1.54, 1.807) is 18.0 Å². The number of aromatic nitrogens is 4. The first kappa shape index (κ1) is 25.5. The molecule has 10 nitrogen and oxygen atoms in total. The molecule has 1 aliphatic rings. The molecular weight excluding hydrogens is 480 g/mol. The lowest BCUT2D eigenvalue weighted by molar-refractivity contribution is -0.111. The molecule has 0 bridgehead atoms. The second kappa shape index (κ2) is 11.0. The van der Waals surface area contributed by atoms with E-state index >= 15 is 0 Å². The number of hydrogen-bond acceptors (Lipinski definition) is 8. The van der Waals surface area contributed by atoms with Crippen molar-refractivity contribution in [2.24, 2.45) is 7.05 Å². The van der Waals surface area contributed by atoms with E-state index < -0.39 is 0 Å². The maximum absolute atomic E-state index is 12.3. The van der Waals surface area contributed by atoms with Gasteiger partial charge in [-0.25, -0.2) is 9.97 Å². The van der Waals surface area contributed by atoms with Gasteiger partial charge < -0.3 is 25.2 Å². The van der Waals surface area contributed by atoms with Crippen molar-refractivity contribution in [3.8, 4) is 17.0 Å². The van der Waals surface area contributed by atoms with Crippen molar-refractivity contribution in [2.45, 2.75) is 18.9 Å². The zero-order valence-corrected chi connectivity index (χ0v) is 21.7. The fourth-order valence-corrected chi connectivity index (χ4v) is 4.50. The van der Waals surface area contributed by atoms with E-state index in [0.29, 0.717) is 39.8 Å². The summed E-state index contributed by atoms with van der Waals surface area (Å²) in [6, 6.07) is 4.29. The van der Waals surface area contributed by atoms with Crippen LogP contribution >= 0.6 is 11.6 Å². The van der Waals surface area contributed by atoms with Crippen molar-refractivity contribution < 1.29 is 9.53 Å². The van der Waals surface area contributed by atoms with Gasteiger partial charge in [-0.05, 0) is 39.1 Å². The fraction of sp³-hybridized carbons (Fsp3) is 0.360. The number of ether oxygens (including phenoxy) is 1. The summed E-state index contributed by atoms with van der Waals surface area (Å²) in [5.74, 6) is 0.632. The Balaban J connectivity index is 1.68. The van der Waals surface area contributed by atoms with Gasteiger partial charge in [0.05, 0.1) is 47.3 Å². The number of carbonyl (C=O) groups is 1. The van der Waals surface area contributed by atoms with Crippen LogP contribution in [0.3, 0.4) is 0 Å². The molecule has 0 unspecified atom stereocenters. The molecule has 0 spiro atoms. The summed E-state index contributed by atoms with van der Waals surface area (Å²) in [5.41, 5.74) is 3.46. The molecule has 1 fully saturated rings. The molecule has 3 heterocycles. The van der Waals surface area contributed by atoms with Crippen LogP contribution in [-0.2, 0) is 11.8 Å². The van der Waals surface area contributed by atoms with Crippen molar-refractivity contribution in [2.75, 3.05) is 49.8 Å². The summed E-state index contributed by atoms with van der Waals surface area (Å²) in [7, 11) is 7.65. The summed E-state index contributed by atoms with van der Waals surface area (Å²) in [4.78, 5) is 25.7. The number of nitrogens with one attached hydrogen (secondary N) is 2. The monoisotopic (exact) mass is 510 g/mol. The molecule has 0 radical (unpaired) electrons. The predicted molar refractivity (Wildman–Crippen MR) is 143 cm³/mol. The summed E-state index contributed by atoms with van der Waals surface area (Å²) in [5, 5.41) is 10.8. The Kier molecular flexibility index (Phi) is 7.76. The molecule has 3 aromatic rings. The van der Waals surface area contributed by atoms with Gasteiger partial charge in [0, 0.05) is 44.0 Å². The van der Waals surface area contributed by atoms with E-state index in [9.17, 15) is 4.79 Å². The number of benzene rings is 1. The lowest BCUT2D eigenvalue weighted by atomic mass is 10.0. The second-order valence-corrected chi connectivity index (χ2v) is 9.27. The second-order valence-electron chi connectivity index (χ2n) is 8.86. The Labute approximate surface area is 215 Å². The van der Waals surface area contributed by atoms with E-state index in [2.05, 4.69) is 56.2 Å². The van der Waals surface area contributed by atoms with Gasteiger partial charge in [-0.1, -0.05) is 18.2 Å². The van der Waals surface area contributed by atoms with Crippen LogP contribution in [0.4, 0.5) is 23.0 Å². The van der Waals surface area contributed by atoms with Gasteiger partial charge in [0.25, 0.3) is 0 Å². The Morgan fingerprint density at radius 2 is 2.00 bits per heavy atom. The standard InChI is InChI=1S/C25H31ClN8O2/c1-6-23(35)29-19-11-20(22(36-5)12-21(19)34-9-7-17(8-10-34)32(2)3)30-25-27-14-18(26)24(31-25)16-13-28-33(4)15-16/h6,11-15,17H,1,7-10H2,2-5H3,(H,29,35)(H,27,30,31). The number of aryl methyl sites for hydroxylation is 1. The molecule has 1 aliphatic heterocycles. The zero-order chi connectivity index (χ0) is 25.8. The molecule has 36 heavy (non-hydrogen) atoms. The van der Waals surface area contributed by atoms with Crippen LogP contribution in [0.5, 0.6) is 5.75 Å². The summed E-state index contributed by atoms with van der Waals surface area (Å²) in [6.45, 7) is 5.32. The number of halogens is 1. The largest absolute Gasteiger partial charge is 0.494 e. The van der Waals surface area contributed by atoms with Crippen molar-refractivity contribution in [1.29, 1.82) is 0 Å². The quantitative estimate of drug-likeness (QED) is 0.439. The highest BCUT2D eigenvalue weighted by Crippen LogP contribution is 2.39. The summed E-state index contributed by atoms with van der Waals surface area (Å²) >= 11 is 6.36. The Hall–Kier alpha value is -3.63. The third kappa shape index (κ3) is 5.60. The molecule has 0 aliphatic carbocycles. The van der Waals surface area contributed by atoms with Gasteiger partial charge in [0.15, 0.2) is 0 Å². The van der Waals surface area contributed by atoms with Crippen LogP contribution in [0, 0.1) is 0 Å². The first-order chi connectivity index (χ1) is 17.3. The van der Waals surface area contributed by atoms with E-state index in [4.69, 9.17) is 16.3 Å². The molecule has 2 aromatic heterocycles. The molecule has 190 valence electrons. The molecular formula is C25H31ClN8O2. The third-order valence-corrected chi connectivity index (χ3v) is 6.54. The first-order valence-corrected chi connectivity index (χ1v) is 12.0. The van der Waals surface area contributed by atoms with Gasteiger partial charge in [-0.15, -0.1) is 0 Å². The lowest BCUT2D eigenvalue weighted by Crippen LogP contribution is -2.42. The minimum Gasteiger partial charge on any atom is -0.494 e. The third-order valence-electron chi connectivity index (χ3n) is 6.27. The van der Waals surface area contributed by atoms with Crippen LogP contribution in [0.15, 0.2) is 43.4 Å². The number of rotatable bonds is 8. The van der Waals surface area contributed by atoms with E-state index in [1.807, 2.05) is 25.4 Å². The molecule has 1 aromatic carbocycles. The summed E-state index contributed by atoms with van der Waals surface area (Å²) < 4.78 is 7.39. The van der Waals surface area contributed by atoms with Crippen molar-refractivity contribution in [1.82, 2.24) is 24.6 Å². The number of anilines is 4. The Bertz CT molecular complexity index is 1250. The Morgan fingerprint density at radius 3 is 2.61 bits per heavy atom. The molecule has 0 atom stereocenters. The van der Waals surface area contributed by atoms with Crippen molar-refractivity contribution >= 4 is 40.5 Å². The SMILES string of the molecule is C=CC(=O)Nc1cc(Nc2ncc(Cl)c(-c3cnn(C)c3)n2)c(OC)cc1N1CCC(N(C)C)CC1. The van der Waals surface area contributed by atoms with Crippen LogP contribution in [0.2, 0.25) is 5.02 Å². The normalized spacial score (nSPS) is 14.1. The number of carbonyl (C=O) groups excluding carboxylic acids is 1. The van der Waals surface area contributed by atoms with E-state index in [-0.39, 0.29) is 5.91 Å². The number of hydrogen-bond donors (Lipinski definition) is 2. The van der Waals surface area contributed by atoms with E-state index in [0.717, 1.165) is 37.2 Å². The zero-order valence-electron chi connectivity index (χ0n) is 21.0. The van der Waals surface area contributed by atoms with Gasteiger partial charge >= 0.3 is 0 Å². The minimum absolute atomic E-state index is 0.294. The fourth-order valence-electron chi connectivity index (χ4n) is 4.30. The maximum atomic E-state index is 12.3. The average Bonchev–Trinajstić information content (AvgIpc) is 3.31. The van der Waals surface area contributed by atoms with Crippen molar-refractivity contribution in [3.05, 3.63) is 48.4 Å². The van der Waals surface area contributed by atoms with Gasteiger partial charge in [-0.2, -0.15) is 5.10 Å². The summed E-state index contributed by atoms with van der Waals surface area (Å²) in [6.07, 6.45) is 8.36. The van der Waals surface area contributed by atoms with Crippen LogP contribution in [0.25, 0.3) is 11.3 Å². The molecule has 2 N–H and O–H groups in total. The smallest absolute Gasteiger partial charge is 0.247 e. The number of nitrogens with zero attached hydrogens (tertiary/aromatic N) is 6. The Morgan fingerprint density at radius 1 is 1.25 bits per heavy atom. The van der Waals surface area contributed by atoms with Gasteiger partial charge in [-0.3, -0.25) is 9.48 Å². The molecule has 0 saturated carbocycles. The highest BCUT2D eigenvalue weighted by atomic mass is 35.5. The first-order valence-electron chi connectivity index (χ1n) is 11.6. The number of methoxy groups -OCH3 is 1. The van der Waals surface area contributed by atoms with E-state index in [1.165, 1.54) is 12.3 Å². The highest BCUT2D eigenvalue weighted by molar-refractivity contribution is 6.32. The molecule has 4 rings (SSSR count).